The first-order valence-electron chi connectivity index (χ1n) is 5.62. The standard InChI is InChI=1S/C13H14F2O2/c1-2-17-11-6-5-10(12(14)13(11)15)9-4-3-7-16-8-9/h4-6H,2-3,7-8H2,1H3. The van der Waals surface area contributed by atoms with Crippen molar-refractivity contribution in [2.45, 2.75) is 13.3 Å². The fourth-order valence-electron chi connectivity index (χ4n) is 1.79. The second kappa shape index (κ2) is 5.27. The zero-order valence-electron chi connectivity index (χ0n) is 9.63. The molecule has 0 bridgehead atoms. The zero-order chi connectivity index (χ0) is 12.3. The Morgan fingerprint density at radius 2 is 2.12 bits per heavy atom. The first kappa shape index (κ1) is 12.0. The van der Waals surface area contributed by atoms with Gasteiger partial charge in [0, 0.05) is 5.56 Å². The summed E-state index contributed by atoms with van der Waals surface area (Å²) in [4.78, 5) is 0. The predicted octanol–water partition coefficient (Wildman–Crippen LogP) is 3.17. The maximum atomic E-state index is 13.8. The molecule has 1 aliphatic heterocycles. The Kier molecular flexibility index (Phi) is 3.74. The van der Waals surface area contributed by atoms with Gasteiger partial charge in [0.1, 0.15) is 0 Å². The van der Waals surface area contributed by atoms with E-state index in [1.54, 1.807) is 6.92 Å². The average molecular weight is 240 g/mol. The molecule has 0 radical (unpaired) electrons. The second-order valence-corrected chi connectivity index (χ2v) is 3.74. The van der Waals surface area contributed by atoms with Crippen LogP contribution in [0.3, 0.4) is 0 Å². The van der Waals surface area contributed by atoms with Gasteiger partial charge in [0.2, 0.25) is 5.82 Å². The lowest BCUT2D eigenvalue weighted by Crippen LogP contribution is -2.08. The van der Waals surface area contributed by atoms with E-state index in [-0.39, 0.29) is 11.3 Å². The third-order valence-corrected chi connectivity index (χ3v) is 2.60. The second-order valence-electron chi connectivity index (χ2n) is 3.74. The normalized spacial score (nSPS) is 15.6. The van der Waals surface area contributed by atoms with Crippen molar-refractivity contribution in [2.75, 3.05) is 19.8 Å². The van der Waals surface area contributed by atoms with Crippen LogP contribution < -0.4 is 4.74 Å². The van der Waals surface area contributed by atoms with Gasteiger partial charge < -0.3 is 9.47 Å². The fourth-order valence-corrected chi connectivity index (χ4v) is 1.79. The maximum Gasteiger partial charge on any atom is 0.201 e. The molecule has 0 fully saturated rings. The first-order chi connectivity index (χ1) is 8.24. The first-order valence-corrected chi connectivity index (χ1v) is 5.62. The van der Waals surface area contributed by atoms with Crippen LogP contribution in [0.2, 0.25) is 0 Å². The molecule has 0 amide bonds. The zero-order valence-corrected chi connectivity index (χ0v) is 9.63. The minimum Gasteiger partial charge on any atom is -0.491 e. The summed E-state index contributed by atoms with van der Waals surface area (Å²) in [6.07, 6.45) is 2.60. The highest BCUT2D eigenvalue weighted by Gasteiger charge is 2.18. The summed E-state index contributed by atoms with van der Waals surface area (Å²) in [5.74, 6) is -1.85. The van der Waals surface area contributed by atoms with E-state index in [0.29, 0.717) is 25.4 Å². The molecule has 2 nitrogen and oxygen atoms in total. The van der Waals surface area contributed by atoms with E-state index in [1.165, 1.54) is 12.1 Å². The minimum atomic E-state index is -0.934. The van der Waals surface area contributed by atoms with Crippen LogP contribution in [-0.2, 0) is 4.74 Å². The van der Waals surface area contributed by atoms with Gasteiger partial charge in [0.25, 0.3) is 0 Å². The molecule has 0 aliphatic carbocycles. The van der Waals surface area contributed by atoms with Crippen molar-refractivity contribution in [1.82, 2.24) is 0 Å². The highest BCUT2D eigenvalue weighted by Crippen LogP contribution is 2.28. The molecule has 92 valence electrons. The van der Waals surface area contributed by atoms with Crippen molar-refractivity contribution >= 4 is 5.57 Å². The summed E-state index contributed by atoms with van der Waals surface area (Å²) in [7, 11) is 0. The Balaban J connectivity index is 2.36. The number of benzene rings is 1. The number of hydrogen-bond donors (Lipinski definition) is 0. The molecule has 0 unspecified atom stereocenters. The third kappa shape index (κ3) is 2.47. The summed E-state index contributed by atoms with van der Waals surface area (Å²) >= 11 is 0. The lowest BCUT2D eigenvalue weighted by atomic mass is 10.0. The van der Waals surface area contributed by atoms with Crippen molar-refractivity contribution in [3.8, 4) is 5.75 Å². The smallest absolute Gasteiger partial charge is 0.201 e. The van der Waals surface area contributed by atoms with E-state index in [4.69, 9.17) is 9.47 Å². The number of rotatable bonds is 3. The van der Waals surface area contributed by atoms with Crippen molar-refractivity contribution in [1.29, 1.82) is 0 Å². The molecule has 1 aromatic rings. The van der Waals surface area contributed by atoms with Crippen molar-refractivity contribution in [3.63, 3.8) is 0 Å². The van der Waals surface area contributed by atoms with E-state index in [1.807, 2.05) is 6.08 Å². The molecule has 0 N–H and O–H groups in total. The monoisotopic (exact) mass is 240 g/mol. The quantitative estimate of drug-likeness (QED) is 0.808. The van der Waals surface area contributed by atoms with Crippen LogP contribution in [0.1, 0.15) is 18.9 Å². The molecule has 0 spiro atoms. The highest BCUT2D eigenvalue weighted by atomic mass is 19.2. The molecule has 0 aromatic heterocycles. The van der Waals surface area contributed by atoms with Crippen LogP contribution in [0.15, 0.2) is 18.2 Å². The van der Waals surface area contributed by atoms with Gasteiger partial charge in [-0.15, -0.1) is 0 Å². The van der Waals surface area contributed by atoms with Crippen LogP contribution >= 0.6 is 0 Å². The molecule has 0 saturated carbocycles. The molecule has 1 aromatic carbocycles. The largest absolute Gasteiger partial charge is 0.491 e. The van der Waals surface area contributed by atoms with Crippen LogP contribution in [0, 0.1) is 11.6 Å². The van der Waals surface area contributed by atoms with Gasteiger partial charge in [-0.05, 0) is 31.1 Å². The maximum absolute atomic E-state index is 13.8. The molecular formula is C13H14F2O2. The Morgan fingerprint density at radius 3 is 2.76 bits per heavy atom. The Bertz CT molecular complexity index is 441. The Hall–Kier alpha value is -1.42. The number of hydrogen-bond acceptors (Lipinski definition) is 2. The van der Waals surface area contributed by atoms with E-state index in [9.17, 15) is 8.78 Å². The summed E-state index contributed by atoms with van der Waals surface area (Å²) in [5.41, 5.74) is 0.946. The van der Waals surface area contributed by atoms with E-state index < -0.39 is 11.6 Å². The van der Waals surface area contributed by atoms with Gasteiger partial charge >= 0.3 is 0 Å². The van der Waals surface area contributed by atoms with Crippen LogP contribution in [0.25, 0.3) is 5.57 Å². The molecule has 17 heavy (non-hydrogen) atoms. The number of ether oxygens (including phenoxy) is 2. The SMILES string of the molecule is CCOc1ccc(C2=CCCOC2)c(F)c1F. The van der Waals surface area contributed by atoms with Gasteiger partial charge in [-0.1, -0.05) is 6.08 Å². The lowest BCUT2D eigenvalue weighted by molar-refractivity contribution is 0.164. The summed E-state index contributed by atoms with van der Waals surface area (Å²) < 4.78 is 37.7. The van der Waals surface area contributed by atoms with Crippen molar-refractivity contribution < 1.29 is 18.3 Å². The summed E-state index contributed by atoms with van der Waals surface area (Å²) in [5, 5.41) is 0. The van der Waals surface area contributed by atoms with E-state index >= 15 is 0 Å². The third-order valence-electron chi connectivity index (χ3n) is 2.60. The van der Waals surface area contributed by atoms with Crippen LogP contribution in [0.4, 0.5) is 8.78 Å². The molecule has 1 heterocycles. The fraction of sp³-hybridized carbons (Fsp3) is 0.385. The summed E-state index contributed by atoms with van der Waals surface area (Å²) in [6, 6.07) is 2.98. The van der Waals surface area contributed by atoms with Gasteiger partial charge in [0.15, 0.2) is 11.6 Å². The van der Waals surface area contributed by atoms with Gasteiger partial charge in [-0.25, -0.2) is 4.39 Å². The Morgan fingerprint density at radius 1 is 1.29 bits per heavy atom. The predicted molar refractivity (Wildman–Crippen MR) is 60.9 cm³/mol. The molecule has 4 heteroatoms. The lowest BCUT2D eigenvalue weighted by Gasteiger charge is -2.15. The minimum absolute atomic E-state index is 0.0499. The van der Waals surface area contributed by atoms with Gasteiger partial charge in [0.05, 0.1) is 19.8 Å². The molecular weight excluding hydrogens is 226 g/mol. The molecule has 0 saturated heterocycles. The van der Waals surface area contributed by atoms with Crippen LogP contribution in [0.5, 0.6) is 5.75 Å². The van der Waals surface area contributed by atoms with Crippen molar-refractivity contribution in [3.05, 3.63) is 35.4 Å². The average Bonchev–Trinajstić information content (AvgIpc) is 2.36. The Labute approximate surface area is 98.8 Å². The van der Waals surface area contributed by atoms with E-state index in [0.717, 1.165) is 6.42 Å². The van der Waals surface area contributed by atoms with Gasteiger partial charge in [-0.2, -0.15) is 4.39 Å². The topological polar surface area (TPSA) is 18.5 Å². The van der Waals surface area contributed by atoms with E-state index in [2.05, 4.69) is 0 Å². The van der Waals surface area contributed by atoms with Crippen LogP contribution in [-0.4, -0.2) is 19.8 Å². The van der Waals surface area contributed by atoms with Gasteiger partial charge in [-0.3, -0.25) is 0 Å². The molecule has 1 aliphatic rings. The molecule has 2 rings (SSSR count). The van der Waals surface area contributed by atoms with Crippen molar-refractivity contribution in [2.24, 2.45) is 0 Å². The highest BCUT2D eigenvalue weighted by molar-refractivity contribution is 5.68. The molecule has 0 atom stereocenters. The number of halogens is 2. The summed E-state index contributed by atoms with van der Waals surface area (Å²) in [6.45, 7) is 2.99.